The number of aryl methyl sites for hydroxylation is 1. The second-order valence-electron chi connectivity index (χ2n) is 5.28. The van der Waals surface area contributed by atoms with Gasteiger partial charge in [-0.2, -0.15) is 10.1 Å². The van der Waals surface area contributed by atoms with Crippen LogP contribution in [0.15, 0.2) is 24.8 Å². The number of aromatic nitrogens is 5. The SMILES string of the molecule is COc1ncnc(C2CC2)c1-n1nc(C)c2ccncc21. The highest BCUT2D eigenvalue weighted by molar-refractivity contribution is 5.82. The number of rotatable bonds is 3. The third-order valence-electron chi connectivity index (χ3n) is 3.85. The summed E-state index contributed by atoms with van der Waals surface area (Å²) in [6.07, 6.45) is 7.47. The Bertz CT molecular complexity index is 822. The van der Waals surface area contributed by atoms with Gasteiger partial charge in [0.1, 0.15) is 12.0 Å². The number of pyridine rings is 1. The molecule has 0 aromatic carbocycles. The number of methoxy groups -OCH3 is 1. The molecular weight excluding hydrogens is 266 g/mol. The van der Waals surface area contributed by atoms with Gasteiger partial charge in [0, 0.05) is 17.5 Å². The van der Waals surface area contributed by atoms with Crippen molar-refractivity contribution >= 4 is 10.9 Å². The summed E-state index contributed by atoms with van der Waals surface area (Å²) in [6.45, 7) is 1.99. The highest BCUT2D eigenvalue weighted by Crippen LogP contribution is 2.43. The summed E-state index contributed by atoms with van der Waals surface area (Å²) < 4.78 is 7.31. The van der Waals surface area contributed by atoms with Crippen molar-refractivity contribution in [3.8, 4) is 11.6 Å². The fourth-order valence-electron chi connectivity index (χ4n) is 2.67. The summed E-state index contributed by atoms with van der Waals surface area (Å²) in [6, 6.07) is 1.97. The molecule has 6 heteroatoms. The molecule has 3 aromatic heterocycles. The van der Waals surface area contributed by atoms with Gasteiger partial charge < -0.3 is 4.74 Å². The first kappa shape index (κ1) is 12.3. The van der Waals surface area contributed by atoms with Crippen LogP contribution < -0.4 is 4.74 Å². The molecule has 3 aromatic rings. The molecule has 0 spiro atoms. The first-order chi connectivity index (χ1) is 10.3. The van der Waals surface area contributed by atoms with E-state index in [9.17, 15) is 0 Å². The van der Waals surface area contributed by atoms with E-state index < -0.39 is 0 Å². The molecule has 0 radical (unpaired) electrons. The second kappa shape index (κ2) is 4.51. The van der Waals surface area contributed by atoms with E-state index >= 15 is 0 Å². The Kier molecular flexibility index (Phi) is 2.63. The summed E-state index contributed by atoms with van der Waals surface area (Å²) in [4.78, 5) is 12.9. The number of fused-ring (bicyclic) bond motifs is 1. The van der Waals surface area contributed by atoms with Gasteiger partial charge >= 0.3 is 0 Å². The minimum absolute atomic E-state index is 0.480. The average molecular weight is 281 g/mol. The molecule has 106 valence electrons. The van der Waals surface area contributed by atoms with E-state index in [4.69, 9.17) is 4.74 Å². The maximum atomic E-state index is 5.44. The lowest BCUT2D eigenvalue weighted by Gasteiger charge is -2.12. The molecule has 6 nitrogen and oxygen atoms in total. The minimum Gasteiger partial charge on any atom is -0.479 e. The summed E-state index contributed by atoms with van der Waals surface area (Å²) in [5, 5.41) is 5.74. The molecule has 0 saturated heterocycles. The minimum atomic E-state index is 0.480. The topological polar surface area (TPSA) is 65.7 Å². The highest BCUT2D eigenvalue weighted by Gasteiger charge is 2.31. The molecular formula is C15H15N5O. The van der Waals surface area contributed by atoms with Gasteiger partial charge in [-0.3, -0.25) is 4.98 Å². The summed E-state index contributed by atoms with van der Waals surface area (Å²) in [7, 11) is 1.62. The van der Waals surface area contributed by atoms with Gasteiger partial charge in [0.25, 0.3) is 0 Å². The van der Waals surface area contributed by atoms with Gasteiger partial charge in [0.2, 0.25) is 5.88 Å². The zero-order valence-corrected chi connectivity index (χ0v) is 11.9. The predicted octanol–water partition coefficient (Wildman–Crippen LogP) is 2.40. The smallest absolute Gasteiger partial charge is 0.243 e. The van der Waals surface area contributed by atoms with Crippen molar-refractivity contribution in [2.45, 2.75) is 25.7 Å². The average Bonchev–Trinajstić information content (AvgIpc) is 3.32. The van der Waals surface area contributed by atoms with E-state index in [1.165, 1.54) is 0 Å². The summed E-state index contributed by atoms with van der Waals surface area (Å²) in [5.41, 5.74) is 3.76. The van der Waals surface area contributed by atoms with Crippen LogP contribution in [-0.2, 0) is 0 Å². The van der Waals surface area contributed by atoms with E-state index in [1.807, 2.05) is 23.9 Å². The monoisotopic (exact) mass is 281 g/mol. The van der Waals surface area contributed by atoms with Crippen molar-refractivity contribution in [3.05, 3.63) is 36.2 Å². The largest absolute Gasteiger partial charge is 0.479 e. The van der Waals surface area contributed by atoms with Crippen LogP contribution in [0.25, 0.3) is 16.6 Å². The highest BCUT2D eigenvalue weighted by atomic mass is 16.5. The van der Waals surface area contributed by atoms with Crippen LogP contribution in [0, 0.1) is 6.92 Å². The molecule has 1 fully saturated rings. The van der Waals surface area contributed by atoms with Crippen LogP contribution in [-0.4, -0.2) is 31.8 Å². The van der Waals surface area contributed by atoms with E-state index in [0.717, 1.165) is 40.8 Å². The van der Waals surface area contributed by atoms with Gasteiger partial charge in [-0.05, 0) is 25.8 Å². The first-order valence-electron chi connectivity index (χ1n) is 6.98. The Labute approximate surface area is 121 Å². The van der Waals surface area contributed by atoms with Crippen molar-refractivity contribution < 1.29 is 4.74 Å². The van der Waals surface area contributed by atoms with Crippen molar-refractivity contribution in [1.29, 1.82) is 0 Å². The number of ether oxygens (including phenoxy) is 1. The van der Waals surface area contributed by atoms with Gasteiger partial charge in [0.05, 0.1) is 30.2 Å². The number of hydrogen-bond acceptors (Lipinski definition) is 5. The van der Waals surface area contributed by atoms with Crippen LogP contribution in [0.5, 0.6) is 5.88 Å². The Morgan fingerprint density at radius 2 is 2.14 bits per heavy atom. The molecule has 0 amide bonds. The van der Waals surface area contributed by atoms with Crippen LogP contribution >= 0.6 is 0 Å². The van der Waals surface area contributed by atoms with Crippen molar-refractivity contribution in [1.82, 2.24) is 24.7 Å². The van der Waals surface area contributed by atoms with Gasteiger partial charge in [0.15, 0.2) is 0 Å². The molecule has 21 heavy (non-hydrogen) atoms. The summed E-state index contributed by atoms with van der Waals surface area (Å²) in [5.74, 6) is 1.04. The Morgan fingerprint density at radius 3 is 2.90 bits per heavy atom. The lowest BCUT2D eigenvalue weighted by Crippen LogP contribution is -2.07. The lowest BCUT2D eigenvalue weighted by molar-refractivity contribution is 0.393. The quantitative estimate of drug-likeness (QED) is 0.737. The van der Waals surface area contributed by atoms with Crippen molar-refractivity contribution in [2.75, 3.05) is 7.11 Å². The molecule has 3 heterocycles. The number of nitrogens with zero attached hydrogens (tertiary/aromatic N) is 5. The molecule has 0 unspecified atom stereocenters. The van der Waals surface area contributed by atoms with Gasteiger partial charge in [-0.1, -0.05) is 0 Å². The lowest BCUT2D eigenvalue weighted by atomic mass is 10.2. The fraction of sp³-hybridized carbons (Fsp3) is 0.333. The van der Waals surface area contributed by atoms with E-state index in [0.29, 0.717) is 11.8 Å². The normalized spacial score (nSPS) is 14.6. The zero-order valence-electron chi connectivity index (χ0n) is 11.9. The standard InChI is InChI=1S/C15H15N5O/c1-9-11-5-6-16-7-12(11)20(19-9)14-13(10-3-4-10)17-8-18-15(14)21-2/h5-8,10H,3-4H2,1-2H3. The maximum Gasteiger partial charge on any atom is 0.243 e. The third kappa shape index (κ3) is 1.86. The zero-order chi connectivity index (χ0) is 14.4. The predicted molar refractivity (Wildman–Crippen MR) is 77.7 cm³/mol. The molecule has 1 saturated carbocycles. The molecule has 0 atom stereocenters. The van der Waals surface area contributed by atoms with Crippen molar-refractivity contribution in [2.24, 2.45) is 0 Å². The Balaban J connectivity index is 2.04. The molecule has 0 N–H and O–H groups in total. The van der Waals surface area contributed by atoms with Crippen LogP contribution in [0.2, 0.25) is 0 Å². The van der Waals surface area contributed by atoms with Crippen LogP contribution in [0.4, 0.5) is 0 Å². The van der Waals surface area contributed by atoms with E-state index in [2.05, 4.69) is 20.1 Å². The molecule has 1 aliphatic carbocycles. The fourth-order valence-corrected chi connectivity index (χ4v) is 2.67. The molecule has 0 bridgehead atoms. The van der Waals surface area contributed by atoms with E-state index in [-0.39, 0.29) is 0 Å². The first-order valence-corrected chi connectivity index (χ1v) is 6.98. The summed E-state index contributed by atoms with van der Waals surface area (Å²) >= 11 is 0. The van der Waals surface area contributed by atoms with E-state index in [1.54, 1.807) is 19.6 Å². The van der Waals surface area contributed by atoms with Crippen LogP contribution in [0.1, 0.15) is 30.1 Å². The number of hydrogen-bond donors (Lipinski definition) is 0. The molecule has 1 aliphatic rings. The van der Waals surface area contributed by atoms with Gasteiger partial charge in [-0.25, -0.2) is 9.67 Å². The Hall–Kier alpha value is -2.50. The Morgan fingerprint density at radius 1 is 1.29 bits per heavy atom. The van der Waals surface area contributed by atoms with Crippen molar-refractivity contribution in [3.63, 3.8) is 0 Å². The van der Waals surface area contributed by atoms with Crippen LogP contribution in [0.3, 0.4) is 0 Å². The molecule has 4 rings (SSSR count). The van der Waals surface area contributed by atoms with Gasteiger partial charge in [-0.15, -0.1) is 0 Å². The molecule has 0 aliphatic heterocycles. The maximum absolute atomic E-state index is 5.44. The third-order valence-corrected chi connectivity index (χ3v) is 3.85. The second-order valence-corrected chi connectivity index (χ2v) is 5.28.